The number of rotatable bonds is 4. The van der Waals surface area contributed by atoms with E-state index in [1.165, 1.54) is 38.8 Å². The molecule has 0 aromatic heterocycles. The fourth-order valence-electron chi connectivity index (χ4n) is 7.78. The molecule has 4 aromatic rings. The lowest BCUT2D eigenvalue weighted by Gasteiger charge is -2.47. The average molecular weight is 530 g/mol. The highest BCUT2D eigenvalue weighted by Crippen LogP contribution is 2.45. The first kappa shape index (κ1) is 23.9. The summed E-state index contributed by atoms with van der Waals surface area (Å²) in [5.74, 6) is 0.0880. The van der Waals surface area contributed by atoms with Gasteiger partial charge >= 0.3 is 6.09 Å². The van der Waals surface area contributed by atoms with E-state index in [9.17, 15) is 9.59 Å². The van der Waals surface area contributed by atoms with Crippen molar-refractivity contribution in [3.05, 3.63) is 107 Å². The van der Waals surface area contributed by atoms with Crippen molar-refractivity contribution in [2.75, 3.05) is 19.8 Å². The van der Waals surface area contributed by atoms with E-state index >= 15 is 0 Å². The van der Waals surface area contributed by atoms with Crippen LogP contribution in [-0.4, -0.2) is 48.7 Å². The van der Waals surface area contributed by atoms with E-state index in [1.807, 2.05) is 23.1 Å². The fourth-order valence-corrected chi connectivity index (χ4v) is 7.78. The van der Waals surface area contributed by atoms with Crippen LogP contribution in [0.1, 0.15) is 51.4 Å². The van der Waals surface area contributed by atoms with Crippen LogP contribution in [-0.2, 0) is 22.3 Å². The lowest BCUT2D eigenvalue weighted by Crippen LogP contribution is -2.60. The molecule has 2 saturated heterocycles. The van der Waals surface area contributed by atoms with Crippen LogP contribution in [0, 0.1) is 5.92 Å². The number of Topliss-reactive ketones (excluding diaryl/α,β-unsaturated/α-hetero) is 1. The Morgan fingerprint density at radius 1 is 0.775 bits per heavy atom. The first-order valence-corrected chi connectivity index (χ1v) is 14.5. The van der Waals surface area contributed by atoms with Crippen molar-refractivity contribution in [3.63, 3.8) is 0 Å². The molecule has 0 spiro atoms. The fraction of sp³-hybridized carbons (Fsp3) is 0.314. The van der Waals surface area contributed by atoms with E-state index in [0.29, 0.717) is 32.7 Å². The summed E-state index contributed by atoms with van der Waals surface area (Å²) in [5, 5.41) is 2.35. The standard InChI is InChI=1S/C35H31NO4/c37-34(31-15-14-22-13-12-21-6-5-11-30(31)33(21)22)23-16-24-18-39-19-25(17-23)36(24)35(38)40-20-32-28-9-3-1-7-26(28)27-8-2-4-10-29(27)32/h1-11,14-15,23-25,32H,12-13,16-20H2. The molecule has 2 fully saturated rings. The number of ketones is 1. The van der Waals surface area contributed by atoms with Crippen molar-refractivity contribution < 1.29 is 19.1 Å². The largest absolute Gasteiger partial charge is 0.448 e. The molecule has 4 aliphatic rings. The van der Waals surface area contributed by atoms with E-state index in [4.69, 9.17) is 9.47 Å². The van der Waals surface area contributed by atoms with Gasteiger partial charge in [0, 0.05) is 17.4 Å². The number of aryl methyl sites for hydroxylation is 2. The number of carbonyl (C=O) groups is 2. The van der Waals surface area contributed by atoms with E-state index in [2.05, 4.69) is 60.7 Å². The SMILES string of the molecule is O=C(c1ccc2c3c(cccc13)CC2)C1CC2COCC(C1)N2C(=O)OCC1c2ccccc2-c2ccccc21. The summed E-state index contributed by atoms with van der Waals surface area (Å²) < 4.78 is 11.9. The Bertz CT molecular complexity index is 1610. The minimum absolute atomic E-state index is 0.0235. The maximum absolute atomic E-state index is 13.9. The molecule has 0 radical (unpaired) electrons. The molecule has 5 heteroatoms. The third kappa shape index (κ3) is 3.64. The second kappa shape index (κ2) is 9.31. The van der Waals surface area contributed by atoms with Crippen molar-refractivity contribution in [1.82, 2.24) is 4.90 Å². The topological polar surface area (TPSA) is 55.8 Å². The van der Waals surface area contributed by atoms with Gasteiger partial charge in [0.15, 0.2) is 5.78 Å². The van der Waals surface area contributed by atoms with Gasteiger partial charge in [0.1, 0.15) is 6.61 Å². The van der Waals surface area contributed by atoms with E-state index in [-0.39, 0.29) is 35.8 Å². The maximum atomic E-state index is 13.9. The van der Waals surface area contributed by atoms with Crippen LogP contribution < -0.4 is 0 Å². The Morgan fingerprint density at radius 3 is 2.12 bits per heavy atom. The normalized spacial score (nSPS) is 22.7. The van der Waals surface area contributed by atoms with E-state index in [1.54, 1.807) is 0 Å². The smallest absolute Gasteiger partial charge is 0.410 e. The zero-order valence-electron chi connectivity index (χ0n) is 22.3. The number of piperidine rings is 1. The number of fused-ring (bicyclic) bond motifs is 5. The van der Waals surface area contributed by atoms with Gasteiger partial charge < -0.3 is 9.47 Å². The Kier molecular flexibility index (Phi) is 5.56. The number of ether oxygens (including phenoxy) is 2. The van der Waals surface area contributed by atoms with Crippen molar-refractivity contribution in [3.8, 4) is 11.1 Å². The number of hydrogen-bond donors (Lipinski definition) is 0. The predicted molar refractivity (Wildman–Crippen MR) is 154 cm³/mol. The Balaban J connectivity index is 1.01. The van der Waals surface area contributed by atoms with Gasteiger partial charge in [0.25, 0.3) is 0 Å². The molecule has 2 heterocycles. The molecule has 0 saturated carbocycles. The van der Waals surface area contributed by atoms with Gasteiger partial charge in [-0.25, -0.2) is 4.79 Å². The Hall–Kier alpha value is -3.96. The minimum Gasteiger partial charge on any atom is -0.448 e. The number of hydrogen-bond acceptors (Lipinski definition) is 4. The maximum Gasteiger partial charge on any atom is 0.410 e. The molecule has 2 atom stereocenters. The summed E-state index contributed by atoms with van der Waals surface area (Å²) in [7, 11) is 0. The number of amides is 1. The van der Waals surface area contributed by atoms with Gasteiger partial charge in [-0.1, -0.05) is 78.9 Å². The number of nitrogens with zero attached hydrogens (tertiary/aromatic N) is 1. The summed E-state index contributed by atoms with van der Waals surface area (Å²) in [6.45, 7) is 1.18. The monoisotopic (exact) mass is 529 g/mol. The van der Waals surface area contributed by atoms with Gasteiger partial charge in [0.05, 0.1) is 25.3 Å². The lowest BCUT2D eigenvalue weighted by molar-refractivity contribution is -0.0747. The molecule has 2 unspecified atom stereocenters. The molecular weight excluding hydrogens is 498 g/mol. The van der Waals surface area contributed by atoms with Gasteiger partial charge in [-0.3, -0.25) is 9.69 Å². The lowest BCUT2D eigenvalue weighted by atomic mass is 9.80. The summed E-state index contributed by atoms with van der Waals surface area (Å²) in [5.41, 5.74) is 8.35. The van der Waals surface area contributed by atoms with E-state index < -0.39 is 0 Å². The molecule has 2 aliphatic heterocycles. The van der Waals surface area contributed by atoms with Crippen LogP contribution in [0.4, 0.5) is 4.79 Å². The highest BCUT2D eigenvalue weighted by molar-refractivity contribution is 6.11. The van der Waals surface area contributed by atoms with Gasteiger partial charge in [-0.05, 0) is 69.8 Å². The van der Waals surface area contributed by atoms with Crippen LogP contribution in [0.3, 0.4) is 0 Å². The van der Waals surface area contributed by atoms with Gasteiger partial charge in [-0.2, -0.15) is 0 Å². The second-order valence-corrected chi connectivity index (χ2v) is 11.7. The molecule has 2 bridgehead atoms. The summed E-state index contributed by atoms with van der Waals surface area (Å²) >= 11 is 0. The summed E-state index contributed by atoms with van der Waals surface area (Å²) in [6.07, 6.45) is 3.00. The highest BCUT2D eigenvalue weighted by atomic mass is 16.6. The third-order valence-electron chi connectivity index (χ3n) is 9.58. The quantitative estimate of drug-likeness (QED) is 0.281. The predicted octanol–water partition coefficient (Wildman–Crippen LogP) is 6.55. The average Bonchev–Trinajstić information content (AvgIpc) is 3.55. The van der Waals surface area contributed by atoms with Gasteiger partial charge in [0.2, 0.25) is 0 Å². The number of morpholine rings is 1. The van der Waals surface area contributed by atoms with Gasteiger partial charge in [-0.15, -0.1) is 0 Å². The van der Waals surface area contributed by atoms with Crippen molar-refractivity contribution >= 4 is 22.6 Å². The zero-order chi connectivity index (χ0) is 26.8. The molecular formula is C35H31NO4. The highest BCUT2D eigenvalue weighted by Gasteiger charge is 2.45. The summed E-state index contributed by atoms with van der Waals surface area (Å²) in [4.78, 5) is 29.3. The van der Waals surface area contributed by atoms with Crippen LogP contribution in [0.25, 0.3) is 21.9 Å². The molecule has 5 nitrogen and oxygen atoms in total. The zero-order valence-corrected chi connectivity index (χ0v) is 22.3. The van der Waals surface area contributed by atoms with E-state index in [0.717, 1.165) is 23.8 Å². The second-order valence-electron chi connectivity index (χ2n) is 11.7. The first-order valence-electron chi connectivity index (χ1n) is 14.5. The third-order valence-corrected chi connectivity index (χ3v) is 9.58. The van der Waals surface area contributed by atoms with Crippen LogP contribution >= 0.6 is 0 Å². The van der Waals surface area contributed by atoms with Crippen LogP contribution in [0.15, 0.2) is 78.9 Å². The molecule has 8 rings (SSSR count). The van der Waals surface area contributed by atoms with Crippen molar-refractivity contribution in [2.45, 2.75) is 43.7 Å². The molecule has 2 aliphatic carbocycles. The summed E-state index contributed by atoms with van der Waals surface area (Å²) in [6, 6.07) is 27.0. The Morgan fingerprint density at radius 2 is 1.43 bits per heavy atom. The van der Waals surface area contributed by atoms with Crippen molar-refractivity contribution in [2.24, 2.45) is 5.92 Å². The number of carbonyl (C=O) groups excluding carboxylic acids is 2. The molecule has 4 aromatic carbocycles. The van der Waals surface area contributed by atoms with Crippen LogP contribution in [0.5, 0.6) is 0 Å². The minimum atomic E-state index is -0.295. The molecule has 1 amide bonds. The van der Waals surface area contributed by atoms with Crippen LogP contribution in [0.2, 0.25) is 0 Å². The molecule has 0 N–H and O–H groups in total. The molecule has 200 valence electrons. The van der Waals surface area contributed by atoms with Crippen molar-refractivity contribution in [1.29, 1.82) is 0 Å². The molecule has 40 heavy (non-hydrogen) atoms. The first-order chi connectivity index (χ1) is 19.7. The number of benzene rings is 4. The Labute approximate surface area is 233 Å².